The first kappa shape index (κ1) is 13.1. The second-order valence-electron chi connectivity index (χ2n) is 5.05. The lowest BCUT2D eigenvalue weighted by atomic mass is 10.2. The molecule has 106 valence electrons. The Morgan fingerprint density at radius 1 is 1.45 bits per heavy atom. The van der Waals surface area contributed by atoms with Gasteiger partial charge >= 0.3 is 0 Å². The molecule has 0 spiro atoms. The van der Waals surface area contributed by atoms with Crippen LogP contribution in [0.25, 0.3) is 11.3 Å². The van der Waals surface area contributed by atoms with Gasteiger partial charge in [0, 0.05) is 43.6 Å². The third-order valence-corrected chi connectivity index (χ3v) is 3.80. The van der Waals surface area contributed by atoms with Gasteiger partial charge in [-0.1, -0.05) is 0 Å². The zero-order valence-corrected chi connectivity index (χ0v) is 11.7. The van der Waals surface area contributed by atoms with E-state index < -0.39 is 0 Å². The van der Waals surface area contributed by atoms with E-state index in [1.807, 2.05) is 29.3 Å². The number of aromatic nitrogens is 4. The molecular formula is C14H20N6. The average molecular weight is 272 g/mol. The topological polar surface area (TPSA) is 72.9 Å². The zero-order chi connectivity index (χ0) is 13.9. The maximum atomic E-state index is 5.82. The minimum Gasteiger partial charge on any atom is -0.337 e. The summed E-state index contributed by atoms with van der Waals surface area (Å²) < 4.78 is 1.90. The Hall–Kier alpha value is -1.95. The van der Waals surface area contributed by atoms with Gasteiger partial charge in [0.05, 0.1) is 11.9 Å². The third-order valence-electron chi connectivity index (χ3n) is 3.80. The van der Waals surface area contributed by atoms with Gasteiger partial charge in [-0.2, -0.15) is 5.10 Å². The van der Waals surface area contributed by atoms with E-state index in [2.05, 4.69) is 26.9 Å². The summed E-state index contributed by atoms with van der Waals surface area (Å²) in [6.45, 7) is 4.57. The third kappa shape index (κ3) is 2.38. The second kappa shape index (κ2) is 5.58. The highest BCUT2D eigenvalue weighted by Crippen LogP contribution is 2.24. The van der Waals surface area contributed by atoms with E-state index in [0.717, 1.165) is 43.1 Å². The van der Waals surface area contributed by atoms with Gasteiger partial charge in [-0.3, -0.25) is 4.68 Å². The Balaban J connectivity index is 1.89. The molecule has 1 atom stereocenters. The lowest BCUT2D eigenvalue weighted by Gasteiger charge is -2.23. The number of hydrogen-bond acceptors (Lipinski definition) is 5. The molecule has 1 aliphatic heterocycles. The Labute approximate surface area is 118 Å². The Kier molecular flexibility index (Phi) is 3.64. The minimum atomic E-state index is 0.364. The van der Waals surface area contributed by atoms with Crippen molar-refractivity contribution in [1.82, 2.24) is 19.7 Å². The van der Waals surface area contributed by atoms with Crippen LogP contribution in [0, 0.1) is 0 Å². The van der Waals surface area contributed by atoms with E-state index in [1.165, 1.54) is 0 Å². The van der Waals surface area contributed by atoms with Crippen LogP contribution in [-0.4, -0.2) is 38.9 Å². The number of rotatable bonds is 4. The molecule has 0 saturated carbocycles. The molecule has 2 aromatic heterocycles. The summed E-state index contributed by atoms with van der Waals surface area (Å²) in [4.78, 5) is 11.3. The van der Waals surface area contributed by atoms with Gasteiger partial charge in [0.15, 0.2) is 0 Å². The molecule has 2 N–H and O–H groups in total. The first-order valence-corrected chi connectivity index (χ1v) is 7.14. The van der Waals surface area contributed by atoms with Crippen molar-refractivity contribution < 1.29 is 0 Å². The number of nitrogens with zero attached hydrogens (tertiary/aromatic N) is 5. The fourth-order valence-corrected chi connectivity index (χ4v) is 2.66. The molecule has 2 aromatic rings. The zero-order valence-electron chi connectivity index (χ0n) is 11.7. The molecule has 20 heavy (non-hydrogen) atoms. The summed E-state index contributed by atoms with van der Waals surface area (Å²) >= 11 is 0. The molecule has 1 unspecified atom stereocenters. The summed E-state index contributed by atoms with van der Waals surface area (Å²) in [7, 11) is 0. The van der Waals surface area contributed by atoms with Gasteiger partial charge in [0.2, 0.25) is 5.95 Å². The van der Waals surface area contributed by atoms with Crippen molar-refractivity contribution in [3.63, 3.8) is 0 Å². The summed E-state index contributed by atoms with van der Waals surface area (Å²) in [5.41, 5.74) is 7.76. The molecule has 0 aliphatic carbocycles. The lowest BCUT2D eigenvalue weighted by Crippen LogP contribution is -2.36. The maximum Gasteiger partial charge on any atom is 0.226 e. The van der Waals surface area contributed by atoms with Gasteiger partial charge in [-0.05, 0) is 25.8 Å². The van der Waals surface area contributed by atoms with Crippen molar-refractivity contribution in [3.05, 3.63) is 24.7 Å². The molecular weight excluding hydrogens is 252 g/mol. The van der Waals surface area contributed by atoms with E-state index in [1.54, 1.807) is 0 Å². The first-order chi connectivity index (χ1) is 9.81. The molecule has 0 bridgehead atoms. The highest BCUT2D eigenvalue weighted by Gasteiger charge is 2.25. The first-order valence-electron chi connectivity index (χ1n) is 7.14. The fraction of sp³-hybridized carbons (Fsp3) is 0.500. The molecule has 6 nitrogen and oxygen atoms in total. The molecule has 1 saturated heterocycles. The van der Waals surface area contributed by atoms with Crippen molar-refractivity contribution in [2.24, 2.45) is 5.73 Å². The van der Waals surface area contributed by atoms with Gasteiger partial charge < -0.3 is 10.6 Å². The molecule has 1 fully saturated rings. The lowest BCUT2D eigenvalue weighted by molar-refractivity contribution is 0.660. The van der Waals surface area contributed by atoms with E-state index in [9.17, 15) is 0 Å². The Morgan fingerprint density at radius 2 is 2.35 bits per heavy atom. The van der Waals surface area contributed by atoms with Gasteiger partial charge in [0.1, 0.15) is 0 Å². The summed E-state index contributed by atoms with van der Waals surface area (Å²) in [5, 5.41) is 4.29. The maximum absolute atomic E-state index is 5.82. The van der Waals surface area contributed by atoms with Gasteiger partial charge in [-0.25, -0.2) is 9.97 Å². The van der Waals surface area contributed by atoms with Crippen LogP contribution >= 0.6 is 0 Å². The van der Waals surface area contributed by atoms with Crippen LogP contribution in [-0.2, 0) is 6.54 Å². The summed E-state index contributed by atoms with van der Waals surface area (Å²) in [6.07, 6.45) is 7.95. The van der Waals surface area contributed by atoms with Crippen LogP contribution in [0.5, 0.6) is 0 Å². The van der Waals surface area contributed by atoms with E-state index in [0.29, 0.717) is 12.6 Å². The van der Waals surface area contributed by atoms with E-state index >= 15 is 0 Å². The summed E-state index contributed by atoms with van der Waals surface area (Å²) in [6, 6.07) is 2.29. The number of hydrogen-bond donors (Lipinski definition) is 1. The molecule has 0 radical (unpaired) electrons. The molecule has 0 aromatic carbocycles. The molecule has 3 heterocycles. The van der Waals surface area contributed by atoms with Crippen molar-refractivity contribution in [2.75, 3.05) is 18.0 Å². The monoisotopic (exact) mass is 272 g/mol. The molecule has 1 aliphatic rings. The Morgan fingerprint density at radius 3 is 3.10 bits per heavy atom. The fourth-order valence-electron chi connectivity index (χ4n) is 2.66. The SMILES string of the molecule is CCn1cc(-c2ccnc(N3CCCC3CN)n2)cn1. The number of anilines is 1. The largest absolute Gasteiger partial charge is 0.337 e. The number of aryl methyl sites for hydroxylation is 1. The predicted octanol–water partition coefficient (Wildman–Crippen LogP) is 1.29. The van der Waals surface area contributed by atoms with E-state index in [-0.39, 0.29) is 0 Å². The highest BCUT2D eigenvalue weighted by molar-refractivity contribution is 5.58. The molecule has 3 rings (SSSR count). The number of nitrogens with two attached hydrogens (primary N) is 1. The van der Waals surface area contributed by atoms with Crippen LogP contribution in [0.4, 0.5) is 5.95 Å². The van der Waals surface area contributed by atoms with E-state index in [4.69, 9.17) is 5.73 Å². The van der Waals surface area contributed by atoms with Crippen LogP contribution in [0.15, 0.2) is 24.7 Å². The predicted molar refractivity (Wildman–Crippen MR) is 78.3 cm³/mol. The summed E-state index contributed by atoms with van der Waals surface area (Å²) in [5.74, 6) is 0.777. The van der Waals surface area contributed by atoms with Crippen LogP contribution in [0.3, 0.4) is 0 Å². The minimum absolute atomic E-state index is 0.364. The second-order valence-corrected chi connectivity index (χ2v) is 5.05. The normalized spacial score (nSPS) is 18.7. The smallest absolute Gasteiger partial charge is 0.226 e. The van der Waals surface area contributed by atoms with Crippen LogP contribution < -0.4 is 10.6 Å². The van der Waals surface area contributed by atoms with Crippen molar-refractivity contribution >= 4 is 5.95 Å². The average Bonchev–Trinajstić information content (AvgIpc) is 3.16. The van der Waals surface area contributed by atoms with Crippen LogP contribution in [0.1, 0.15) is 19.8 Å². The van der Waals surface area contributed by atoms with Crippen molar-refractivity contribution in [3.8, 4) is 11.3 Å². The van der Waals surface area contributed by atoms with Crippen molar-refractivity contribution in [1.29, 1.82) is 0 Å². The quantitative estimate of drug-likeness (QED) is 0.908. The highest BCUT2D eigenvalue weighted by atomic mass is 15.3. The standard InChI is InChI=1S/C14H20N6/c1-2-19-10-11(9-17-19)13-5-6-16-14(18-13)20-7-3-4-12(20)8-15/h5-6,9-10,12H,2-4,7-8,15H2,1H3. The van der Waals surface area contributed by atoms with Crippen LogP contribution in [0.2, 0.25) is 0 Å². The van der Waals surface area contributed by atoms with Crippen molar-refractivity contribution in [2.45, 2.75) is 32.4 Å². The Bertz CT molecular complexity index is 579. The van der Waals surface area contributed by atoms with Gasteiger partial charge in [-0.15, -0.1) is 0 Å². The molecule has 6 heteroatoms. The molecule has 0 amide bonds. The van der Waals surface area contributed by atoms with Gasteiger partial charge in [0.25, 0.3) is 0 Å².